The van der Waals surface area contributed by atoms with E-state index in [1.807, 2.05) is 0 Å². The van der Waals surface area contributed by atoms with E-state index in [1.54, 1.807) is 14.0 Å². The third-order valence-corrected chi connectivity index (χ3v) is 1.92. The van der Waals surface area contributed by atoms with Gasteiger partial charge in [0.2, 0.25) is 0 Å². The highest BCUT2D eigenvalue weighted by atomic mass is 32.2. The predicted octanol–water partition coefficient (Wildman–Crippen LogP) is 0.942. The number of methoxy groups -OCH3 is 1. The SMILES string of the molecule is CCOC(=O)c1nnc(SCOC)o1. The summed E-state index contributed by atoms with van der Waals surface area (Å²) < 4.78 is 14.4. The lowest BCUT2D eigenvalue weighted by Crippen LogP contribution is -2.04. The van der Waals surface area contributed by atoms with Crippen molar-refractivity contribution in [3.05, 3.63) is 5.89 Å². The van der Waals surface area contributed by atoms with E-state index in [1.165, 1.54) is 11.8 Å². The first-order valence-electron chi connectivity index (χ1n) is 3.90. The molecule has 0 unspecified atom stereocenters. The summed E-state index contributed by atoms with van der Waals surface area (Å²) in [4.78, 5) is 11.1. The first kappa shape index (κ1) is 11.0. The summed E-state index contributed by atoms with van der Waals surface area (Å²) >= 11 is 1.21. The van der Waals surface area contributed by atoms with E-state index in [0.717, 1.165) is 0 Å². The van der Waals surface area contributed by atoms with Crippen LogP contribution in [0.5, 0.6) is 0 Å². The lowest BCUT2D eigenvalue weighted by molar-refractivity contribution is 0.0475. The third-order valence-electron chi connectivity index (χ3n) is 1.16. The van der Waals surface area contributed by atoms with Crippen LogP contribution in [0.25, 0.3) is 0 Å². The van der Waals surface area contributed by atoms with Gasteiger partial charge in [0.05, 0.1) is 6.61 Å². The van der Waals surface area contributed by atoms with Crippen LogP contribution in [-0.4, -0.2) is 35.8 Å². The number of nitrogens with zero attached hydrogens (tertiary/aromatic N) is 2. The molecule has 14 heavy (non-hydrogen) atoms. The molecular formula is C7H10N2O4S. The van der Waals surface area contributed by atoms with Gasteiger partial charge in [0.15, 0.2) is 0 Å². The Morgan fingerprint density at radius 2 is 2.36 bits per heavy atom. The molecule has 0 spiro atoms. The number of carbonyl (C=O) groups is 1. The quantitative estimate of drug-likeness (QED) is 0.413. The van der Waals surface area contributed by atoms with Crippen LogP contribution < -0.4 is 0 Å². The van der Waals surface area contributed by atoms with Gasteiger partial charge in [-0.2, -0.15) is 0 Å². The van der Waals surface area contributed by atoms with E-state index in [0.29, 0.717) is 5.94 Å². The molecule has 0 amide bonds. The molecular weight excluding hydrogens is 208 g/mol. The Labute approximate surface area is 85.0 Å². The van der Waals surface area contributed by atoms with E-state index in [9.17, 15) is 4.79 Å². The zero-order valence-electron chi connectivity index (χ0n) is 7.85. The molecule has 7 heteroatoms. The fraction of sp³-hybridized carbons (Fsp3) is 0.571. The second-order valence-corrected chi connectivity index (χ2v) is 3.02. The first-order valence-corrected chi connectivity index (χ1v) is 4.88. The zero-order valence-corrected chi connectivity index (χ0v) is 8.67. The summed E-state index contributed by atoms with van der Waals surface area (Å²) in [7, 11) is 1.55. The van der Waals surface area contributed by atoms with E-state index >= 15 is 0 Å². The minimum absolute atomic E-state index is 0.134. The van der Waals surface area contributed by atoms with Crippen LogP contribution in [0, 0.1) is 0 Å². The van der Waals surface area contributed by atoms with E-state index in [4.69, 9.17) is 9.15 Å². The lowest BCUT2D eigenvalue weighted by atomic mass is 10.7. The Morgan fingerprint density at radius 1 is 1.57 bits per heavy atom. The van der Waals surface area contributed by atoms with Gasteiger partial charge in [-0.15, -0.1) is 5.10 Å². The van der Waals surface area contributed by atoms with E-state index in [-0.39, 0.29) is 17.7 Å². The number of rotatable bonds is 5. The van der Waals surface area contributed by atoms with E-state index < -0.39 is 5.97 Å². The van der Waals surface area contributed by atoms with Crippen molar-refractivity contribution in [3.8, 4) is 0 Å². The smallest absolute Gasteiger partial charge is 0.396 e. The van der Waals surface area contributed by atoms with Gasteiger partial charge in [-0.25, -0.2) is 4.79 Å². The van der Waals surface area contributed by atoms with Crippen molar-refractivity contribution < 1.29 is 18.7 Å². The molecule has 6 nitrogen and oxygen atoms in total. The Kier molecular flexibility index (Phi) is 4.41. The summed E-state index contributed by atoms with van der Waals surface area (Å²) in [6.07, 6.45) is 0. The van der Waals surface area contributed by atoms with Crippen LogP contribution in [0.4, 0.5) is 0 Å². The van der Waals surface area contributed by atoms with Crippen LogP contribution in [0.2, 0.25) is 0 Å². The van der Waals surface area contributed by atoms with E-state index in [2.05, 4.69) is 14.9 Å². The van der Waals surface area contributed by atoms with Crippen molar-refractivity contribution in [2.24, 2.45) is 0 Å². The first-order chi connectivity index (χ1) is 6.77. The van der Waals surface area contributed by atoms with Crippen molar-refractivity contribution in [2.75, 3.05) is 19.7 Å². The van der Waals surface area contributed by atoms with Crippen molar-refractivity contribution in [1.29, 1.82) is 0 Å². The fourth-order valence-corrected chi connectivity index (χ4v) is 1.11. The maximum Gasteiger partial charge on any atom is 0.396 e. The van der Waals surface area contributed by atoms with Gasteiger partial charge in [0.1, 0.15) is 5.94 Å². The fourth-order valence-electron chi connectivity index (χ4n) is 0.653. The largest absolute Gasteiger partial charge is 0.459 e. The summed E-state index contributed by atoms with van der Waals surface area (Å²) in [6.45, 7) is 1.98. The highest BCUT2D eigenvalue weighted by Crippen LogP contribution is 2.15. The average molecular weight is 218 g/mol. The van der Waals surface area contributed by atoms with Crippen molar-refractivity contribution in [1.82, 2.24) is 10.2 Å². The van der Waals surface area contributed by atoms with Gasteiger partial charge < -0.3 is 13.9 Å². The molecule has 0 N–H and O–H groups in total. The topological polar surface area (TPSA) is 74.5 Å². The zero-order chi connectivity index (χ0) is 10.4. The second kappa shape index (κ2) is 5.61. The Bertz CT molecular complexity index is 302. The summed E-state index contributed by atoms with van der Waals surface area (Å²) in [5.41, 5.74) is 0. The van der Waals surface area contributed by atoms with Crippen molar-refractivity contribution >= 4 is 17.7 Å². The summed E-state index contributed by atoms with van der Waals surface area (Å²) in [5.74, 6) is -0.348. The lowest BCUT2D eigenvalue weighted by Gasteiger charge is -1.94. The molecule has 0 aromatic carbocycles. The molecule has 0 aliphatic carbocycles. The molecule has 1 aromatic rings. The van der Waals surface area contributed by atoms with Gasteiger partial charge in [0.25, 0.3) is 5.22 Å². The second-order valence-electron chi connectivity index (χ2n) is 2.14. The standard InChI is InChI=1S/C7H10N2O4S/c1-3-12-6(10)5-8-9-7(13-5)14-4-11-2/h3-4H2,1-2H3. The molecule has 0 saturated heterocycles. The van der Waals surface area contributed by atoms with Crippen LogP contribution in [-0.2, 0) is 9.47 Å². The number of esters is 1. The Morgan fingerprint density at radius 3 is 3.00 bits per heavy atom. The maximum absolute atomic E-state index is 11.1. The minimum Gasteiger partial charge on any atom is -0.459 e. The molecule has 0 aliphatic rings. The molecule has 0 aliphatic heterocycles. The maximum atomic E-state index is 11.1. The highest BCUT2D eigenvalue weighted by Gasteiger charge is 2.15. The van der Waals surface area contributed by atoms with Gasteiger partial charge in [-0.05, 0) is 18.7 Å². The number of carbonyl (C=O) groups excluding carboxylic acids is 1. The molecule has 0 saturated carbocycles. The van der Waals surface area contributed by atoms with Gasteiger partial charge in [-0.1, -0.05) is 5.10 Å². The van der Waals surface area contributed by atoms with Gasteiger partial charge in [0, 0.05) is 7.11 Å². The van der Waals surface area contributed by atoms with Crippen LogP contribution in [0.1, 0.15) is 17.6 Å². The third kappa shape index (κ3) is 3.00. The number of aromatic nitrogens is 2. The van der Waals surface area contributed by atoms with Gasteiger partial charge >= 0.3 is 11.9 Å². The molecule has 0 radical (unpaired) electrons. The Balaban J connectivity index is 2.54. The number of ether oxygens (including phenoxy) is 2. The molecule has 1 heterocycles. The molecule has 1 aromatic heterocycles. The normalized spacial score (nSPS) is 10.1. The summed E-state index contributed by atoms with van der Waals surface area (Å²) in [6, 6.07) is 0. The molecule has 0 fully saturated rings. The van der Waals surface area contributed by atoms with Crippen LogP contribution in [0.15, 0.2) is 9.64 Å². The Hall–Kier alpha value is -1.08. The van der Waals surface area contributed by atoms with Gasteiger partial charge in [-0.3, -0.25) is 0 Å². The molecule has 78 valence electrons. The molecule has 1 rings (SSSR count). The van der Waals surface area contributed by atoms with Crippen LogP contribution in [0.3, 0.4) is 0 Å². The monoisotopic (exact) mass is 218 g/mol. The summed E-state index contributed by atoms with van der Waals surface area (Å²) in [5, 5.41) is 7.43. The average Bonchev–Trinajstić information content (AvgIpc) is 2.63. The number of hydrogen-bond donors (Lipinski definition) is 0. The highest BCUT2D eigenvalue weighted by molar-refractivity contribution is 7.98. The predicted molar refractivity (Wildman–Crippen MR) is 48.0 cm³/mol. The molecule has 0 atom stereocenters. The number of thioether (sulfide) groups is 1. The minimum atomic E-state index is -0.607. The van der Waals surface area contributed by atoms with Crippen LogP contribution >= 0.6 is 11.8 Å². The molecule has 0 bridgehead atoms. The van der Waals surface area contributed by atoms with Crippen molar-refractivity contribution in [3.63, 3.8) is 0 Å². The number of hydrogen-bond acceptors (Lipinski definition) is 7. The van der Waals surface area contributed by atoms with Crippen molar-refractivity contribution in [2.45, 2.75) is 12.1 Å².